The number of nitrogens with zero attached hydrogens (tertiary/aromatic N) is 1. The first-order chi connectivity index (χ1) is 6.60. The second-order valence-electron chi connectivity index (χ2n) is 3.03. The zero-order valence-electron chi connectivity index (χ0n) is 7.77. The molecule has 2 unspecified atom stereocenters. The van der Waals surface area contributed by atoms with Crippen LogP contribution in [-0.2, 0) is 14.3 Å². The molecule has 0 aromatic heterocycles. The van der Waals surface area contributed by atoms with Crippen LogP contribution in [0.5, 0.6) is 0 Å². The van der Waals surface area contributed by atoms with E-state index in [0.29, 0.717) is 0 Å². The summed E-state index contributed by atoms with van der Waals surface area (Å²) < 4.78 is 4.49. The highest BCUT2D eigenvalue weighted by atomic mass is 16.5. The van der Waals surface area contributed by atoms with E-state index in [9.17, 15) is 14.7 Å². The first-order valence-corrected chi connectivity index (χ1v) is 4.13. The van der Waals surface area contributed by atoms with E-state index in [2.05, 4.69) is 4.74 Å². The fraction of sp³-hybridized carbons (Fsp3) is 0.556. The molecule has 0 bridgehead atoms. The number of likely N-dealkylation sites (tertiary alicyclic amines) is 1. The molecule has 1 amide bonds. The van der Waals surface area contributed by atoms with Crippen LogP contribution in [0, 0.1) is 12.3 Å². The molecule has 1 fully saturated rings. The van der Waals surface area contributed by atoms with Gasteiger partial charge in [0.25, 0.3) is 5.91 Å². The Kier molecular flexibility index (Phi) is 3.10. The summed E-state index contributed by atoms with van der Waals surface area (Å²) in [7, 11) is 1.23. The standard InChI is InChI=1S/C9H11NO4/c1-3-8(12)10-5-6(11)4-7(10)9(13)14-2/h1,6-7,11H,4-5H2,2H3. The molecule has 0 aromatic carbocycles. The van der Waals surface area contributed by atoms with Crippen LogP contribution in [0.3, 0.4) is 0 Å². The summed E-state index contributed by atoms with van der Waals surface area (Å²) >= 11 is 0. The maximum absolute atomic E-state index is 11.2. The van der Waals surface area contributed by atoms with Gasteiger partial charge >= 0.3 is 5.97 Å². The molecule has 0 aliphatic carbocycles. The minimum atomic E-state index is -0.751. The third kappa shape index (κ3) is 1.86. The fourth-order valence-corrected chi connectivity index (χ4v) is 1.48. The molecule has 5 nitrogen and oxygen atoms in total. The maximum Gasteiger partial charge on any atom is 0.328 e. The minimum absolute atomic E-state index is 0.0861. The van der Waals surface area contributed by atoms with Gasteiger partial charge in [-0.3, -0.25) is 4.79 Å². The van der Waals surface area contributed by atoms with Gasteiger partial charge in [-0.15, -0.1) is 6.42 Å². The Morgan fingerprint density at radius 2 is 2.29 bits per heavy atom. The van der Waals surface area contributed by atoms with Gasteiger partial charge < -0.3 is 14.7 Å². The number of amides is 1. The molecule has 0 radical (unpaired) electrons. The average molecular weight is 197 g/mol. The first kappa shape index (κ1) is 10.5. The lowest BCUT2D eigenvalue weighted by atomic mass is 10.2. The van der Waals surface area contributed by atoms with Crippen molar-refractivity contribution in [3.63, 3.8) is 0 Å². The summed E-state index contributed by atoms with van der Waals surface area (Å²) in [6.45, 7) is 0.0861. The minimum Gasteiger partial charge on any atom is -0.467 e. The van der Waals surface area contributed by atoms with E-state index in [4.69, 9.17) is 6.42 Å². The fourth-order valence-electron chi connectivity index (χ4n) is 1.48. The molecular formula is C9H11NO4. The van der Waals surface area contributed by atoms with Gasteiger partial charge in [0.05, 0.1) is 13.2 Å². The molecule has 1 aliphatic heterocycles. The lowest BCUT2D eigenvalue weighted by molar-refractivity contribution is -0.149. The molecular weight excluding hydrogens is 186 g/mol. The van der Waals surface area contributed by atoms with Crippen LogP contribution < -0.4 is 0 Å². The zero-order chi connectivity index (χ0) is 10.7. The normalized spacial score (nSPS) is 25.6. The van der Waals surface area contributed by atoms with Crippen molar-refractivity contribution in [2.75, 3.05) is 13.7 Å². The Morgan fingerprint density at radius 3 is 2.79 bits per heavy atom. The molecule has 0 spiro atoms. The zero-order valence-corrected chi connectivity index (χ0v) is 7.77. The first-order valence-electron chi connectivity index (χ1n) is 4.13. The van der Waals surface area contributed by atoms with Gasteiger partial charge in [0.2, 0.25) is 0 Å². The largest absolute Gasteiger partial charge is 0.467 e. The second kappa shape index (κ2) is 4.11. The van der Waals surface area contributed by atoms with Gasteiger partial charge in [0.15, 0.2) is 0 Å². The number of ether oxygens (including phenoxy) is 1. The Labute approximate surface area is 81.6 Å². The summed E-state index contributed by atoms with van der Waals surface area (Å²) in [5, 5.41) is 9.29. The molecule has 76 valence electrons. The van der Waals surface area contributed by atoms with Crippen molar-refractivity contribution in [2.24, 2.45) is 0 Å². The van der Waals surface area contributed by atoms with Crippen molar-refractivity contribution in [3.05, 3.63) is 0 Å². The number of terminal acetylenes is 1. The Hall–Kier alpha value is -1.54. The van der Waals surface area contributed by atoms with Crippen LogP contribution in [-0.4, -0.2) is 47.7 Å². The van der Waals surface area contributed by atoms with Crippen LogP contribution in [0.15, 0.2) is 0 Å². The molecule has 1 saturated heterocycles. The van der Waals surface area contributed by atoms with E-state index < -0.39 is 24.0 Å². The number of carbonyl (C=O) groups excluding carboxylic acids is 2. The number of hydrogen-bond acceptors (Lipinski definition) is 4. The molecule has 2 atom stereocenters. The van der Waals surface area contributed by atoms with Crippen molar-refractivity contribution in [1.82, 2.24) is 4.90 Å². The summed E-state index contributed by atoms with van der Waals surface area (Å²) in [5.41, 5.74) is 0. The van der Waals surface area contributed by atoms with E-state index in [0.717, 1.165) is 4.90 Å². The SMILES string of the molecule is C#CC(=O)N1CC(O)CC1C(=O)OC. The summed E-state index contributed by atoms with van der Waals surface area (Å²) in [5.74, 6) is 0.754. The van der Waals surface area contributed by atoms with Crippen molar-refractivity contribution >= 4 is 11.9 Å². The van der Waals surface area contributed by atoms with Crippen molar-refractivity contribution < 1.29 is 19.4 Å². The number of aliphatic hydroxyl groups excluding tert-OH is 1. The molecule has 1 heterocycles. The number of β-amino-alcohol motifs (C(OH)–C–C–N with tert-alkyl or cyclic N) is 1. The van der Waals surface area contributed by atoms with Gasteiger partial charge in [-0.2, -0.15) is 0 Å². The summed E-state index contributed by atoms with van der Waals surface area (Å²) in [6.07, 6.45) is 4.40. The number of hydrogen-bond donors (Lipinski definition) is 1. The van der Waals surface area contributed by atoms with E-state index >= 15 is 0 Å². The lowest BCUT2D eigenvalue weighted by Gasteiger charge is -2.19. The van der Waals surface area contributed by atoms with Crippen molar-refractivity contribution in [3.8, 4) is 12.3 Å². The third-order valence-electron chi connectivity index (χ3n) is 2.14. The van der Waals surface area contributed by atoms with E-state index in [1.165, 1.54) is 7.11 Å². The number of methoxy groups -OCH3 is 1. The molecule has 1 N–H and O–H groups in total. The quantitative estimate of drug-likeness (QED) is 0.421. The lowest BCUT2D eigenvalue weighted by Crippen LogP contribution is -2.40. The van der Waals surface area contributed by atoms with E-state index in [-0.39, 0.29) is 13.0 Å². The molecule has 0 saturated carbocycles. The Bertz CT molecular complexity index is 294. The van der Waals surface area contributed by atoms with Crippen LogP contribution >= 0.6 is 0 Å². The molecule has 1 rings (SSSR count). The third-order valence-corrected chi connectivity index (χ3v) is 2.14. The predicted molar refractivity (Wildman–Crippen MR) is 47.0 cm³/mol. The van der Waals surface area contributed by atoms with Crippen molar-refractivity contribution in [1.29, 1.82) is 0 Å². The molecule has 0 aromatic rings. The van der Waals surface area contributed by atoms with Crippen LogP contribution in [0.2, 0.25) is 0 Å². The topological polar surface area (TPSA) is 66.8 Å². The highest BCUT2D eigenvalue weighted by Crippen LogP contribution is 2.18. The Balaban J connectivity index is 2.78. The summed E-state index contributed by atoms with van der Waals surface area (Å²) in [4.78, 5) is 23.5. The van der Waals surface area contributed by atoms with E-state index in [1.54, 1.807) is 0 Å². The van der Waals surface area contributed by atoms with Crippen LogP contribution in [0.25, 0.3) is 0 Å². The van der Waals surface area contributed by atoms with Crippen LogP contribution in [0.4, 0.5) is 0 Å². The summed E-state index contributed by atoms with van der Waals surface area (Å²) in [6, 6.07) is -0.751. The second-order valence-corrected chi connectivity index (χ2v) is 3.03. The molecule has 5 heteroatoms. The maximum atomic E-state index is 11.2. The number of aliphatic hydroxyl groups is 1. The number of rotatable bonds is 1. The average Bonchev–Trinajstić information content (AvgIpc) is 2.58. The highest BCUT2D eigenvalue weighted by molar-refractivity contribution is 5.96. The van der Waals surface area contributed by atoms with Gasteiger partial charge in [-0.1, -0.05) is 0 Å². The van der Waals surface area contributed by atoms with E-state index in [1.807, 2.05) is 5.92 Å². The van der Waals surface area contributed by atoms with Gasteiger partial charge in [0, 0.05) is 13.0 Å². The van der Waals surface area contributed by atoms with Crippen LogP contribution in [0.1, 0.15) is 6.42 Å². The van der Waals surface area contributed by atoms with Gasteiger partial charge in [0.1, 0.15) is 6.04 Å². The number of carbonyl (C=O) groups is 2. The monoisotopic (exact) mass is 197 g/mol. The van der Waals surface area contributed by atoms with Crippen molar-refractivity contribution in [2.45, 2.75) is 18.6 Å². The smallest absolute Gasteiger partial charge is 0.328 e. The Morgan fingerprint density at radius 1 is 1.64 bits per heavy atom. The molecule has 14 heavy (non-hydrogen) atoms. The van der Waals surface area contributed by atoms with Gasteiger partial charge in [-0.05, 0) is 5.92 Å². The predicted octanol–water partition coefficient (Wildman–Crippen LogP) is -1.25. The highest BCUT2D eigenvalue weighted by Gasteiger charge is 2.38. The number of esters is 1. The van der Waals surface area contributed by atoms with Gasteiger partial charge in [-0.25, -0.2) is 4.79 Å². The molecule has 1 aliphatic rings.